The van der Waals surface area contributed by atoms with E-state index in [0.29, 0.717) is 6.04 Å². The molecule has 2 rings (SSSR count). The van der Waals surface area contributed by atoms with E-state index < -0.39 is 0 Å². The van der Waals surface area contributed by atoms with Crippen LogP contribution in [0.1, 0.15) is 25.2 Å². The van der Waals surface area contributed by atoms with Crippen LogP contribution in [0.3, 0.4) is 0 Å². The van der Waals surface area contributed by atoms with Gasteiger partial charge in [-0.1, -0.05) is 22.9 Å². The topological polar surface area (TPSA) is 25.2 Å². The number of benzene rings is 1. The first-order valence-electron chi connectivity index (χ1n) is 6.68. The van der Waals surface area contributed by atoms with Gasteiger partial charge in [-0.05, 0) is 56.3 Å². The van der Waals surface area contributed by atoms with E-state index in [2.05, 4.69) is 65.4 Å². The second kappa shape index (κ2) is 6.40. The molecule has 0 saturated carbocycles. The summed E-state index contributed by atoms with van der Waals surface area (Å²) in [7, 11) is 1.97. The lowest BCUT2D eigenvalue weighted by Crippen LogP contribution is -2.23. The molecule has 1 aromatic carbocycles. The van der Waals surface area contributed by atoms with Crippen LogP contribution in [0.2, 0.25) is 0 Å². The van der Waals surface area contributed by atoms with Crippen molar-refractivity contribution >= 4 is 15.9 Å². The van der Waals surface area contributed by atoms with Crippen molar-refractivity contribution in [1.82, 2.24) is 5.32 Å². The van der Waals surface area contributed by atoms with Crippen LogP contribution in [0.4, 0.5) is 0 Å². The van der Waals surface area contributed by atoms with Crippen LogP contribution in [-0.2, 0) is 12.8 Å². The minimum Gasteiger partial charge on any atom is -0.461 e. The largest absolute Gasteiger partial charge is 0.461 e. The summed E-state index contributed by atoms with van der Waals surface area (Å²) in [5, 5.41) is 3.23. The molecule has 1 aromatic heterocycles. The zero-order valence-electron chi connectivity index (χ0n) is 11.7. The van der Waals surface area contributed by atoms with Crippen molar-refractivity contribution in [3.05, 3.63) is 46.1 Å². The molecule has 0 aliphatic rings. The van der Waals surface area contributed by atoms with Crippen LogP contribution in [0, 0.1) is 0 Å². The summed E-state index contributed by atoms with van der Waals surface area (Å²) in [4.78, 5) is 0. The minimum absolute atomic E-state index is 0.426. The van der Waals surface area contributed by atoms with Gasteiger partial charge in [-0.15, -0.1) is 0 Å². The van der Waals surface area contributed by atoms with Gasteiger partial charge in [0.25, 0.3) is 0 Å². The first-order chi connectivity index (χ1) is 9.13. The quantitative estimate of drug-likeness (QED) is 0.881. The molecule has 0 spiro atoms. The molecule has 2 aromatic rings. The summed E-state index contributed by atoms with van der Waals surface area (Å²) >= 11 is 3.52. The third-order valence-corrected chi connectivity index (χ3v) is 3.87. The molecule has 0 aliphatic heterocycles. The highest BCUT2D eigenvalue weighted by atomic mass is 79.9. The van der Waals surface area contributed by atoms with Crippen LogP contribution >= 0.6 is 15.9 Å². The third kappa shape index (κ3) is 3.48. The molecule has 0 bridgehead atoms. The zero-order valence-corrected chi connectivity index (χ0v) is 13.3. The number of furan rings is 1. The Bertz CT molecular complexity index is 547. The van der Waals surface area contributed by atoms with Gasteiger partial charge in [0, 0.05) is 22.5 Å². The van der Waals surface area contributed by atoms with E-state index in [-0.39, 0.29) is 0 Å². The predicted octanol–water partition coefficient (Wildman–Crippen LogP) is 4.42. The Kier molecular flexibility index (Phi) is 4.83. The van der Waals surface area contributed by atoms with Gasteiger partial charge in [0.2, 0.25) is 0 Å². The Hall–Kier alpha value is -1.06. The lowest BCUT2D eigenvalue weighted by molar-refractivity contribution is 0.481. The van der Waals surface area contributed by atoms with Crippen molar-refractivity contribution in [1.29, 1.82) is 0 Å². The van der Waals surface area contributed by atoms with E-state index in [9.17, 15) is 0 Å². The van der Waals surface area contributed by atoms with Crippen molar-refractivity contribution < 1.29 is 4.42 Å². The SMILES string of the molecule is CCc1cc(Br)ccc1-c1ccc(CC(C)NC)o1. The van der Waals surface area contributed by atoms with Crippen molar-refractivity contribution in [2.75, 3.05) is 7.05 Å². The normalized spacial score (nSPS) is 12.6. The number of rotatable bonds is 5. The number of hydrogen-bond donors (Lipinski definition) is 1. The molecular formula is C16H20BrNO. The standard InChI is InChI=1S/C16H20BrNO/c1-4-12-10-13(17)5-7-15(12)16-8-6-14(19-16)9-11(2)18-3/h5-8,10-11,18H,4,9H2,1-3H3. The number of aryl methyl sites for hydroxylation is 1. The van der Waals surface area contributed by atoms with Gasteiger partial charge in [0.15, 0.2) is 0 Å². The van der Waals surface area contributed by atoms with Crippen LogP contribution in [0.25, 0.3) is 11.3 Å². The maximum Gasteiger partial charge on any atom is 0.134 e. The monoisotopic (exact) mass is 321 g/mol. The Labute approximate surface area is 123 Å². The lowest BCUT2D eigenvalue weighted by Gasteiger charge is -2.08. The van der Waals surface area contributed by atoms with Gasteiger partial charge in [-0.25, -0.2) is 0 Å². The van der Waals surface area contributed by atoms with E-state index in [1.54, 1.807) is 0 Å². The molecule has 19 heavy (non-hydrogen) atoms. The Morgan fingerprint density at radius 2 is 2.05 bits per heavy atom. The number of nitrogens with one attached hydrogen (secondary N) is 1. The number of hydrogen-bond acceptors (Lipinski definition) is 2. The van der Waals surface area contributed by atoms with Gasteiger partial charge in [0.1, 0.15) is 11.5 Å². The summed E-state index contributed by atoms with van der Waals surface area (Å²) in [6.45, 7) is 4.32. The lowest BCUT2D eigenvalue weighted by atomic mass is 10.0. The summed E-state index contributed by atoms with van der Waals surface area (Å²) in [5.41, 5.74) is 2.49. The molecule has 1 heterocycles. The van der Waals surface area contributed by atoms with E-state index in [1.165, 1.54) is 11.1 Å². The molecule has 0 saturated heterocycles. The van der Waals surface area contributed by atoms with Crippen molar-refractivity contribution in [3.63, 3.8) is 0 Å². The van der Waals surface area contributed by atoms with Crippen LogP contribution in [-0.4, -0.2) is 13.1 Å². The van der Waals surface area contributed by atoms with Gasteiger partial charge < -0.3 is 9.73 Å². The van der Waals surface area contributed by atoms with Crippen LogP contribution in [0.15, 0.2) is 39.2 Å². The molecule has 1 atom stereocenters. The Balaban J connectivity index is 2.27. The van der Waals surface area contributed by atoms with Gasteiger partial charge in [-0.2, -0.15) is 0 Å². The average Bonchev–Trinajstić information content (AvgIpc) is 2.86. The fourth-order valence-electron chi connectivity index (χ4n) is 2.13. The summed E-state index contributed by atoms with van der Waals surface area (Å²) in [6, 6.07) is 10.9. The average molecular weight is 322 g/mol. The highest BCUT2D eigenvalue weighted by molar-refractivity contribution is 9.10. The molecular weight excluding hydrogens is 302 g/mol. The van der Waals surface area contributed by atoms with Gasteiger partial charge in [-0.3, -0.25) is 0 Å². The van der Waals surface area contributed by atoms with Crippen molar-refractivity contribution in [2.45, 2.75) is 32.7 Å². The van der Waals surface area contributed by atoms with Crippen molar-refractivity contribution in [2.24, 2.45) is 0 Å². The van der Waals surface area contributed by atoms with E-state index in [1.807, 2.05) is 7.05 Å². The second-order valence-electron chi connectivity index (χ2n) is 4.81. The molecule has 2 nitrogen and oxygen atoms in total. The number of halogens is 1. The van der Waals surface area contributed by atoms with E-state index >= 15 is 0 Å². The molecule has 0 amide bonds. The Morgan fingerprint density at radius 3 is 2.74 bits per heavy atom. The first kappa shape index (κ1) is 14.4. The maximum absolute atomic E-state index is 5.97. The summed E-state index contributed by atoms with van der Waals surface area (Å²) in [6.07, 6.45) is 1.91. The molecule has 1 N–H and O–H groups in total. The highest BCUT2D eigenvalue weighted by Crippen LogP contribution is 2.29. The first-order valence-corrected chi connectivity index (χ1v) is 7.48. The fourth-order valence-corrected chi connectivity index (χ4v) is 2.54. The molecule has 3 heteroatoms. The maximum atomic E-state index is 5.97. The second-order valence-corrected chi connectivity index (χ2v) is 5.73. The van der Waals surface area contributed by atoms with Crippen molar-refractivity contribution in [3.8, 4) is 11.3 Å². The zero-order chi connectivity index (χ0) is 13.8. The van der Waals surface area contributed by atoms with E-state index in [4.69, 9.17) is 4.42 Å². The van der Waals surface area contributed by atoms with Crippen LogP contribution in [0.5, 0.6) is 0 Å². The highest BCUT2D eigenvalue weighted by Gasteiger charge is 2.10. The smallest absolute Gasteiger partial charge is 0.134 e. The van der Waals surface area contributed by atoms with E-state index in [0.717, 1.165) is 28.8 Å². The van der Waals surface area contributed by atoms with Crippen LogP contribution < -0.4 is 5.32 Å². The molecule has 0 aliphatic carbocycles. The summed E-state index contributed by atoms with van der Waals surface area (Å²) in [5.74, 6) is 1.99. The fraction of sp³-hybridized carbons (Fsp3) is 0.375. The summed E-state index contributed by atoms with van der Waals surface area (Å²) < 4.78 is 7.08. The molecule has 0 fully saturated rings. The molecule has 0 radical (unpaired) electrons. The third-order valence-electron chi connectivity index (χ3n) is 3.38. The van der Waals surface area contributed by atoms with Gasteiger partial charge in [0.05, 0.1) is 0 Å². The molecule has 1 unspecified atom stereocenters. The predicted molar refractivity (Wildman–Crippen MR) is 83.4 cm³/mol. The minimum atomic E-state index is 0.426. The number of likely N-dealkylation sites (N-methyl/N-ethyl adjacent to an activating group) is 1. The molecule has 102 valence electrons. The van der Waals surface area contributed by atoms with Gasteiger partial charge >= 0.3 is 0 Å². The Morgan fingerprint density at radius 1 is 1.26 bits per heavy atom.